The molecule has 2 aromatic rings. The summed E-state index contributed by atoms with van der Waals surface area (Å²) in [7, 11) is 0. The lowest BCUT2D eigenvalue weighted by Crippen LogP contribution is -2.49. The Bertz CT molecular complexity index is 712. The van der Waals surface area contributed by atoms with Gasteiger partial charge in [0.15, 0.2) is 0 Å². The third-order valence-electron chi connectivity index (χ3n) is 5.43. The zero-order valence-electron chi connectivity index (χ0n) is 13.3. The molecule has 0 atom stereocenters. The molecule has 0 spiro atoms. The molecule has 2 aliphatic heterocycles. The van der Waals surface area contributed by atoms with Crippen molar-refractivity contribution in [3.8, 4) is 0 Å². The molecule has 23 heavy (non-hydrogen) atoms. The molecule has 2 N–H and O–H groups in total. The normalized spacial score (nSPS) is 19.7. The number of carbonyl (C=O) groups is 1. The molecule has 4 heteroatoms. The second kappa shape index (κ2) is 5.85. The number of nitrogens with zero attached hydrogens (tertiary/aromatic N) is 1. The molecule has 2 aromatic carbocycles. The van der Waals surface area contributed by atoms with Crippen LogP contribution in [-0.4, -0.2) is 36.1 Å². The number of rotatable bonds is 3. The average molecular weight is 309 g/mol. The summed E-state index contributed by atoms with van der Waals surface area (Å²) in [4.78, 5) is 14.9. The Morgan fingerprint density at radius 3 is 2.61 bits per heavy atom. The van der Waals surface area contributed by atoms with Crippen molar-refractivity contribution in [3.05, 3.63) is 42.5 Å². The molecule has 0 aliphatic carbocycles. The molecule has 2 saturated heterocycles. The van der Waals surface area contributed by atoms with Gasteiger partial charge < -0.3 is 10.6 Å². The summed E-state index contributed by atoms with van der Waals surface area (Å²) >= 11 is 0. The average Bonchev–Trinajstić information content (AvgIpc) is 3.13. The van der Waals surface area contributed by atoms with Crippen LogP contribution < -0.4 is 10.6 Å². The fourth-order valence-electron chi connectivity index (χ4n) is 4.26. The van der Waals surface area contributed by atoms with Gasteiger partial charge in [-0.2, -0.15) is 0 Å². The fraction of sp³-hybridized carbons (Fsp3) is 0.421. The highest BCUT2D eigenvalue weighted by atomic mass is 16.2. The van der Waals surface area contributed by atoms with Crippen molar-refractivity contribution < 1.29 is 4.79 Å². The first-order valence-corrected chi connectivity index (χ1v) is 8.55. The first-order chi connectivity index (χ1) is 11.3. The minimum absolute atomic E-state index is 0.102. The predicted molar refractivity (Wildman–Crippen MR) is 93.7 cm³/mol. The van der Waals surface area contributed by atoms with E-state index in [1.54, 1.807) is 0 Å². The van der Waals surface area contributed by atoms with Crippen LogP contribution in [0.4, 0.5) is 10.5 Å². The Balaban J connectivity index is 1.44. The number of hydrogen-bond acceptors (Lipinski definition) is 2. The quantitative estimate of drug-likeness (QED) is 0.910. The molecule has 4 rings (SSSR count). The number of amides is 2. The maximum atomic E-state index is 12.4. The molecule has 2 heterocycles. The summed E-state index contributed by atoms with van der Waals surface area (Å²) in [6.07, 6.45) is 4.93. The maximum Gasteiger partial charge on any atom is 0.319 e. The van der Waals surface area contributed by atoms with E-state index in [2.05, 4.69) is 27.7 Å². The van der Waals surface area contributed by atoms with E-state index in [-0.39, 0.29) is 11.6 Å². The molecule has 0 saturated carbocycles. The highest BCUT2D eigenvalue weighted by Gasteiger charge is 2.44. The second-order valence-electron chi connectivity index (χ2n) is 6.75. The summed E-state index contributed by atoms with van der Waals surface area (Å²) in [6.45, 7) is 3.13. The Morgan fingerprint density at radius 1 is 1.04 bits per heavy atom. The number of urea groups is 1. The number of hydrogen-bond donors (Lipinski definition) is 2. The van der Waals surface area contributed by atoms with Crippen LogP contribution in [0.1, 0.15) is 25.7 Å². The first kappa shape index (κ1) is 14.5. The maximum absolute atomic E-state index is 12.4. The predicted octanol–water partition coefficient (Wildman–Crippen LogP) is 3.59. The van der Waals surface area contributed by atoms with Gasteiger partial charge in [0.25, 0.3) is 0 Å². The van der Waals surface area contributed by atoms with Gasteiger partial charge in [0.2, 0.25) is 0 Å². The van der Waals surface area contributed by atoms with Crippen LogP contribution in [0.2, 0.25) is 0 Å². The van der Waals surface area contributed by atoms with E-state index in [0.717, 1.165) is 23.0 Å². The molecular formula is C19H23N3O. The molecule has 2 aliphatic rings. The van der Waals surface area contributed by atoms with Gasteiger partial charge in [0.05, 0.1) is 5.69 Å². The second-order valence-corrected chi connectivity index (χ2v) is 6.75. The first-order valence-electron chi connectivity index (χ1n) is 8.55. The third kappa shape index (κ3) is 2.68. The number of fused-ring (bicyclic) bond motifs is 2. The van der Waals surface area contributed by atoms with Crippen LogP contribution in [0.3, 0.4) is 0 Å². The molecule has 2 fully saturated rings. The molecule has 0 radical (unpaired) electrons. The van der Waals surface area contributed by atoms with E-state index >= 15 is 0 Å². The molecule has 2 amide bonds. The van der Waals surface area contributed by atoms with Crippen molar-refractivity contribution in [1.82, 2.24) is 10.2 Å². The standard InChI is InChI=1S/C19H23N3O/c23-18(20-14-19-10-4-12-22(19)13-5-11-19)21-17-9-3-7-15-6-1-2-8-16(15)17/h1-3,6-9H,4-5,10-14H2,(H2,20,21,23). The lowest BCUT2D eigenvalue weighted by Gasteiger charge is -2.32. The van der Waals surface area contributed by atoms with Gasteiger partial charge in [-0.1, -0.05) is 36.4 Å². The van der Waals surface area contributed by atoms with Gasteiger partial charge in [0.1, 0.15) is 0 Å². The van der Waals surface area contributed by atoms with E-state index in [1.807, 2.05) is 30.3 Å². The topological polar surface area (TPSA) is 44.4 Å². The minimum atomic E-state index is -0.102. The summed E-state index contributed by atoms with van der Waals surface area (Å²) in [5.41, 5.74) is 1.09. The Hall–Kier alpha value is -2.07. The van der Waals surface area contributed by atoms with Crippen molar-refractivity contribution in [2.24, 2.45) is 0 Å². The summed E-state index contributed by atoms with van der Waals surface area (Å²) in [5.74, 6) is 0. The smallest absolute Gasteiger partial charge is 0.319 e. The van der Waals surface area contributed by atoms with Gasteiger partial charge in [-0.05, 0) is 50.2 Å². The minimum Gasteiger partial charge on any atom is -0.336 e. The van der Waals surface area contributed by atoms with Crippen molar-refractivity contribution in [2.45, 2.75) is 31.2 Å². The van der Waals surface area contributed by atoms with Crippen LogP contribution in [-0.2, 0) is 0 Å². The van der Waals surface area contributed by atoms with Crippen LogP contribution in [0, 0.1) is 0 Å². The largest absolute Gasteiger partial charge is 0.336 e. The van der Waals surface area contributed by atoms with Crippen LogP contribution in [0.5, 0.6) is 0 Å². The number of benzene rings is 2. The summed E-state index contributed by atoms with van der Waals surface area (Å²) in [5, 5.41) is 8.34. The van der Waals surface area contributed by atoms with Crippen LogP contribution >= 0.6 is 0 Å². The number of carbonyl (C=O) groups excluding carboxylic acids is 1. The van der Waals surface area contributed by atoms with Gasteiger partial charge in [-0.3, -0.25) is 4.90 Å². The van der Waals surface area contributed by atoms with E-state index < -0.39 is 0 Å². The molecule has 0 aromatic heterocycles. The highest BCUT2D eigenvalue weighted by molar-refractivity contribution is 6.01. The Morgan fingerprint density at radius 2 is 1.78 bits per heavy atom. The van der Waals surface area contributed by atoms with Crippen molar-refractivity contribution in [3.63, 3.8) is 0 Å². The number of anilines is 1. The highest BCUT2D eigenvalue weighted by Crippen LogP contribution is 2.38. The third-order valence-corrected chi connectivity index (χ3v) is 5.43. The summed E-state index contributed by atoms with van der Waals surface area (Å²) < 4.78 is 0. The molecule has 0 bridgehead atoms. The Labute approximate surface area is 136 Å². The van der Waals surface area contributed by atoms with E-state index in [0.29, 0.717) is 0 Å². The number of nitrogens with one attached hydrogen (secondary N) is 2. The van der Waals surface area contributed by atoms with E-state index in [9.17, 15) is 4.79 Å². The van der Waals surface area contributed by atoms with Crippen molar-refractivity contribution in [2.75, 3.05) is 25.0 Å². The Kier molecular flexibility index (Phi) is 3.69. The van der Waals surface area contributed by atoms with Gasteiger partial charge >= 0.3 is 6.03 Å². The summed E-state index contributed by atoms with van der Waals surface area (Å²) in [6, 6.07) is 14.0. The molecule has 4 nitrogen and oxygen atoms in total. The lowest BCUT2D eigenvalue weighted by molar-refractivity contribution is 0.189. The van der Waals surface area contributed by atoms with Crippen LogP contribution in [0.15, 0.2) is 42.5 Å². The molecule has 0 unspecified atom stereocenters. The van der Waals surface area contributed by atoms with Crippen molar-refractivity contribution in [1.29, 1.82) is 0 Å². The molecule has 120 valence electrons. The van der Waals surface area contributed by atoms with E-state index in [1.165, 1.54) is 38.8 Å². The van der Waals surface area contributed by atoms with Gasteiger partial charge in [-0.15, -0.1) is 0 Å². The van der Waals surface area contributed by atoms with Crippen molar-refractivity contribution >= 4 is 22.5 Å². The SMILES string of the molecule is O=C(NCC12CCCN1CCC2)Nc1cccc2ccccc12. The van der Waals surface area contributed by atoms with E-state index in [4.69, 9.17) is 0 Å². The molecular weight excluding hydrogens is 286 g/mol. The monoisotopic (exact) mass is 309 g/mol. The fourth-order valence-corrected chi connectivity index (χ4v) is 4.26. The van der Waals surface area contributed by atoms with Crippen LogP contribution in [0.25, 0.3) is 10.8 Å². The van der Waals surface area contributed by atoms with Gasteiger partial charge in [-0.25, -0.2) is 4.79 Å². The lowest BCUT2D eigenvalue weighted by atomic mass is 9.94. The van der Waals surface area contributed by atoms with Gasteiger partial charge in [0, 0.05) is 17.5 Å². The zero-order chi connectivity index (χ0) is 15.7. The zero-order valence-corrected chi connectivity index (χ0v) is 13.3.